The van der Waals surface area contributed by atoms with Crippen LogP contribution in [-0.4, -0.2) is 23.2 Å². The molecule has 0 bridgehead atoms. The van der Waals surface area contributed by atoms with Crippen molar-refractivity contribution in [3.8, 4) is 6.07 Å². The smallest absolute Gasteiger partial charge is 0.230 e. The molecule has 2 heterocycles. The third-order valence-electron chi connectivity index (χ3n) is 4.99. The summed E-state index contributed by atoms with van der Waals surface area (Å²) in [4.78, 5) is 4.63. The molecule has 1 saturated carbocycles. The second kappa shape index (κ2) is 6.13. The molecule has 1 aliphatic heterocycles. The SMILES string of the molecule is N#Cc1ccc(C2CC2c2nc(CC3CCNCC3)no2)cc1. The Hall–Kier alpha value is -2.19. The van der Waals surface area contributed by atoms with Crippen molar-refractivity contribution in [3.05, 3.63) is 47.1 Å². The van der Waals surface area contributed by atoms with E-state index in [1.54, 1.807) is 0 Å². The van der Waals surface area contributed by atoms with Gasteiger partial charge in [0.15, 0.2) is 5.82 Å². The molecule has 5 heteroatoms. The molecule has 0 amide bonds. The average molecular weight is 308 g/mol. The van der Waals surface area contributed by atoms with E-state index < -0.39 is 0 Å². The van der Waals surface area contributed by atoms with Crippen LogP contribution in [0.2, 0.25) is 0 Å². The van der Waals surface area contributed by atoms with Gasteiger partial charge in [-0.2, -0.15) is 10.2 Å². The van der Waals surface area contributed by atoms with E-state index in [4.69, 9.17) is 9.78 Å². The molecule has 5 nitrogen and oxygen atoms in total. The van der Waals surface area contributed by atoms with Crippen molar-refractivity contribution in [2.24, 2.45) is 5.92 Å². The van der Waals surface area contributed by atoms with Crippen LogP contribution in [0.5, 0.6) is 0 Å². The predicted octanol–water partition coefficient (Wildman–Crippen LogP) is 2.75. The maximum absolute atomic E-state index is 8.86. The summed E-state index contributed by atoms with van der Waals surface area (Å²) in [7, 11) is 0. The second-order valence-electron chi connectivity index (χ2n) is 6.63. The summed E-state index contributed by atoms with van der Waals surface area (Å²) >= 11 is 0. The molecule has 0 spiro atoms. The zero-order valence-electron chi connectivity index (χ0n) is 13.0. The molecule has 4 rings (SSSR count). The standard InChI is InChI=1S/C18H20N4O/c19-11-13-1-3-14(4-2-13)15-10-16(15)18-21-17(22-23-18)9-12-5-7-20-8-6-12/h1-4,12,15-16,20H,5-10H2. The van der Waals surface area contributed by atoms with E-state index >= 15 is 0 Å². The molecule has 118 valence electrons. The zero-order chi connectivity index (χ0) is 15.6. The highest BCUT2D eigenvalue weighted by atomic mass is 16.5. The first kappa shape index (κ1) is 14.4. The van der Waals surface area contributed by atoms with Crippen molar-refractivity contribution in [3.63, 3.8) is 0 Å². The number of nitrogens with one attached hydrogen (secondary N) is 1. The van der Waals surface area contributed by atoms with Crippen LogP contribution in [-0.2, 0) is 6.42 Å². The van der Waals surface area contributed by atoms with E-state index in [1.165, 1.54) is 18.4 Å². The Labute approximate surface area is 135 Å². The van der Waals surface area contributed by atoms with Crippen molar-refractivity contribution in [2.45, 2.75) is 37.5 Å². The Morgan fingerprint density at radius 1 is 1.17 bits per heavy atom. The van der Waals surface area contributed by atoms with Crippen LogP contribution >= 0.6 is 0 Å². The van der Waals surface area contributed by atoms with Gasteiger partial charge in [-0.3, -0.25) is 0 Å². The van der Waals surface area contributed by atoms with E-state index in [2.05, 4.69) is 21.5 Å². The number of aromatic nitrogens is 2. The number of nitriles is 1. The normalized spacial score (nSPS) is 24.3. The first-order valence-electron chi connectivity index (χ1n) is 8.37. The predicted molar refractivity (Wildman–Crippen MR) is 84.9 cm³/mol. The lowest BCUT2D eigenvalue weighted by Crippen LogP contribution is -2.28. The quantitative estimate of drug-likeness (QED) is 0.940. The molecule has 23 heavy (non-hydrogen) atoms. The summed E-state index contributed by atoms with van der Waals surface area (Å²) in [5.41, 5.74) is 1.96. The Kier molecular flexibility index (Phi) is 3.84. The van der Waals surface area contributed by atoms with E-state index in [1.807, 2.05) is 24.3 Å². The van der Waals surface area contributed by atoms with E-state index in [9.17, 15) is 0 Å². The van der Waals surface area contributed by atoms with E-state index in [-0.39, 0.29) is 0 Å². The van der Waals surface area contributed by atoms with Crippen molar-refractivity contribution < 1.29 is 4.52 Å². The number of hydrogen-bond acceptors (Lipinski definition) is 5. The Bertz CT molecular complexity index is 709. The number of rotatable bonds is 4. The van der Waals surface area contributed by atoms with Gasteiger partial charge in [0.2, 0.25) is 5.89 Å². The minimum Gasteiger partial charge on any atom is -0.339 e. The monoisotopic (exact) mass is 308 g/mol. The summed E-state index contributed by atoms with van der Waals surface area (Å²) in [5, 5.41) is 16.4. The summed E-state index contributed by atoms with van der Waals surface area (Å²) < 4.78 is 5.50. The number of hydrogen-bond donors (Lipinski definition) is 1. The molecule has 2 atom stereocenters. The third kappa shape index (κ3) is 3.13. The van der Waals surface area contributed by atoms with Crippen molar-refractivity contribution in [2.75, 3.05) is 13.1 Å². The second-order valence-corrected chi connectivity index (χ2v) is 6.63. The lowest BCUT2D eigenvalue weighted by molar-refractivity contribution is 0.347. The van der Waals surface area contributed by atoms with Gasteiger partial charge in [-0.25, -0.2) is 0 Å². The maximum atomic E-state index is 8.86. The number of nitrogens with zero attached hydrogens (tertiary/aromatic N) is 3. The van der Waals surface area contributed by atoms with Crippen molar-refractivity contribution in [1.82, 2.24) is 15.5 Å². The van der Waals surface area contributed by atoms with Gasteiger partial charge in [0.1, 0.15) is 0 Å². The first-order valence-corrected chi connectivity index (χ1v) is 8.37. The van der Waals surface area contributed by atoms with Gasteiger partial charge in [0, 0.05) is 12.3 Å². The first-order chi connectivity index (χ1) is 11.3. The fraction of sp³-hybridized carbons (Fsp3) is 0.500. The van der Waals surface area contributed by atoms with Crippen LogP contribution < -0.4 is 5.32 Å². The molecule has 2 unspecified atom stereocenters. The molecule has 1 saturated heterocycles. The van der Waals surface area contributed by atoms with Gasteiger partial charge in [-0.15, -0.1) is 0 Å². The molecule has 2 aliphatic rings. The summed E-state index contributed by atoms with van der Waals surface area (Å²) in [6, 6.07) is 9.98. The zero-order valence-corrected chi connectivity index (χ0v) is 13.0. The summed E-state index contributed by atoms with van der Waals surface area (Å²) in [5.74, 6) is 3.11. The highest BCUT2D eigenvalue weighted by Crippen LogP contribution is 2.54. The molecule has 1 N–H and O–H groups in total. The van der Waals surface area contributed by atoms with E-state index in [0.29, 0.717) is 23.3 Å². The maximum Gasteiger partial charge on any atom is 0.230 e. The molecule has 0 radical (unpaired) electrons. The summed E-state index contributed by atoms with van der Waals surface area (Å²) in [6.45, 7) is 2.19. The number of benzene rings is 1. The van der Waals surface area contributed by atoms with Gasteiger partial charge < -0.3 is 9.84 Å². The van der Waals surface area contributed by atoms with Crippen LogP contribution in [0.3, 0.4) is 0 Å². The molecular formula is C18H20N4O. The molecule has 2 aromatic rings. The van der Waals surface area contributed by atoms with Gasteiger partial charge >= 0.3 is 0 Å². The Morgan fingerprint density at radius 3 is 2.70 bits per heavy atom. The van der Waals surface area contributed by atoms with Crippen LogP contribution in [0, 0.1) is 17.2 Å². The molecule has 2 fully saturated rings. The third-order valence-corrected chi connectivity index (χ3v) is 4.99. The molecule has 1 aromatic carbocycles. The molecular weight excluding hydrogens is 288 g/mol. The largest absolute Gasteiger partial charge is 0.339 e. The summed E-state index contributed by atoms with van der Waals surface area (Å²) in [6.07, 6.45) is 4.38. The lowest BCUT2D eigenvalue weighted by atomic mass is 9.94. The molecule has 1 aliphatic carbocycles. The highest BCUT2D eigenvalue weighted by molar-refractivity contribution is 5.37. The minimum absolute atomic E-state index is 0.345. The Morgan fingerprint density at radius 2 is 1.96 bits per heavy atom. The van der Waals surface area contributed by atoms with Gasteiger partial charge in [-0.05, 0) is 61.9 Å². The topological polar surface area (TPSA) is 74.7 Å². The van der Waals surface area contributed by atoms with Crippen LogP contribution in [0.15, 0.2) is 28.8 Å². The van der Waals surface area contributed by atoms with E-state index in [0.717, 1.165) is 37.6 Å². The van der Waals surface area contributed by atoms with Crippen LogP contribution in [0.1, 0.15) is 53.9 Å². The fourth-order valence-electron chi connectivity index (χ4n) is 3.49. The number of piperidine rings is 1. The van der Waals surface area contributed by atoms with Crippen molar-refractivity contribution >= 4 is 0 Å². The van der Waals surface area contributed by atoms with Crippen LogP contribution in [0.25, 0.3) is 0 Å². The fourth-order valence-corrected chi connectivity index (χ4v) is 3.49. The highest BCUT2D eigenvalue weighted by Gasteiger charge is 2.43. The van der Waals surface area contributed by atoms with Gasteiger partial charge in [0.05, 0.1) is 11.6 Å². The van der Waals surface area contributed by atoms with Gasteiger partial charge in [-0.1, -0.05) is 17.3 Å². The molecule has 1 aromatic heterocycles. The minimum atomic E-state index is 0.345. The lowest BCUT2D eigenvalue weighted by Gasteiger charge is -2.20. The van der Waals surface area contributed by atoms with Crippen LogP contribution in [0.4, 0.5) is 0 Å². The van der Waals surface area contributed by atoms with Gasteiger partial charge in [0.25, 0.3) is 0 Å². The Balaban J connectivity index is 1.39. The van der Waals surface area contributed by atoms with Crippen molar-refractivity contribution in [1.29, 1.82) is 5.26 Å². The average Bonchev–Trinajstić information content (AvgIpc) is 3.28.